The Morgan fingerprint density at radius 2 is 2.19 bits per heavy atom. The van der Waals surface area contributed by atoms with Crippen LogP contribution in [0.25, 0.3) is 0 Å². The molecule has 0 amide bonds. The number of esters is 1. The van der Waals surface area contributed by atoms with Gasteiger partial charge in [-0.2, -0.15) is 0 Å². The average Bonchev–Trinajstić information content (AvgIpc) is 3.05. The van der Waals surface area contributed by atoms with Gasteiger partial charge in [-0.1, -0.05) is 22.0 Å². The molecule has 1 aromatic rings. The van der Waals surface area contributed by atoms with Gasteiger partial charge in [0.05, 0.1) is 13.0 Å². The maximum Gasteiger partial charge on any atom is 0.313 e. The third-order valence-electron chi connectivity index (χ3n) is 3.12. The molecule has 0 heterocycles. The van der Waals surface area contributed by atoms with Gasteiger partial charge in [-0.3, -0.25) is 4.79 Å². The highest BCUT2D eigenvalue weighted by Gasteiger charge is 2.38. The summed E-state index contributed by atoms with van der Waals surface area (Å²) in [6.07, 6.45) is 2.27. The lowest BCUT2D eigenvalue weighted by Gasteiger charge is -2.16. The molecule has 1 aromatic carbocycles. The van der Waals surface area contributed by atoms with E-state index < -0.39 is 0 Å². The van der Waals surface area contributed by atoms with Crippen molar-refractivity contribution in [3.63, 3.8) is 0 Å². The van der Waals surface area contributed by atoms with Gasteiger partial charge in [-0.15, -0.1) is 0 Å². The quantitative estimate of drug-likeness (QED) is 0.794. The lowest BCUT2D eigenvalue weighted by Crippen LogP contribution is -2.17. The lowest BCUT2D eigenvalue weighted by molar-refractivity contribution is -0.143. The fourth-order valence-corrected chi connectivity index (χ4v) is 2.59. The van der Waals surface area contributed by atoms with E-state index in [4.69, 9.17) is 4.74 Å². The average molecular weight is 283 g/mol. The van der Waals surface area contributed by atoms with Gasteiger partial charge in [0.25, 0.3) is 0 Å². The monoisotopic (exact) mass is 282 g/mol. The highest BCUT2D eigenvalue weighted by atomic mass is 79.9. The summed E-state index contributed by atoms with van der Waals surface area (Å²) in [4.78, 5) is 11.8. The standard InChI is InChI=1S/C13H15BrO2/c1-8-7-10(14)5-6-11(8)12(9-3-4-9)13(15)16-2/h5-7,9,12H,3-4H2,1-2H3. The first-order valence-electron chi connectivity index (χ1n) is 5.47. The SMILES string of the molecule is COC(=O)C(c1ccc(Br)cc1C)C1CC1. The van der Waals surface area contributed by atoms with Crippen molar-refractivity contribution < 1.29 is 9.53 Å². The Morgan fingerprint density at radius 3 is 2.69 bits per heavy atom. The third kappa shape index (κ3) is 2.29. The topological polar surface area (TPSA) is 26.3 Å². The fourth-order valence-electron chi connectivity index (χ4n) is 2.12. The molecule has 0 aromatic heterocycles. The Bertz CT molecular complexity index is 410. The van der Waals surface area contributed by atoms with Crippen LogP contribution in [-0.4, -0.2) is 13.1 Å². The number of aryl methyl sites for hydroxylation is 1. The van der Waals surface area contributed by atoms with Crippen LogP contribution in [0.4, 0.5) is 0 Å². The van der Waals surface area contributed by atoms with Crippen LogP contribution in [0, 0.1) is 12.8 Å². The van der Waals surface area contributed by atoms with Crippen molar-refractivity contribution in [3.8, 4) is 0 Å². The maximum atomic E-state index is 11.8. The molecule has 0 bridgehead atoms. The number of carbonyl (C=O) groups excluding carboxylic acids is 1. The van der Waals surface area contributed by atoms with E-state index >= 15 is 0 Å². The first-order valence-corrected chi connectivity index (χ1v) is 6.26. The number of carbonyl (C=O) groups is 1. The first kappa shape index (κ1) is 11.6. The second-order valence-corrected chi connectivity index (χ2v) is 5.25. The summed E-state index contributed by atoms with van der Waals surface area (Å²) in [5.74, 6) is 0.304. The Balaban J connectivity index is 2.34. The molecular weight excluding hydrogens is 268 g/mol. The maximum absolute atomic E-state index is 11.8. The van der Waals surface area contributed by atoms with E-state index in [9.17, 15) is 4.79 Å². The smallest absolute Gasteiger partial charge is 0.313 e. The minimum Gasteiger partial charge on any atom is -0.469 e. The number of ether oxygens (including phenoxy) is 1. The predicted octanol–water partition coefficient (Wildman–Crippen LogP) is 3.42. The van der Waals surface area contributed by atoms with Crippen LogP contribution in [0.2, 0.25) is 0 Å². The number of methoxy groups -OCH3 is 1. The van der Waals surface area contributed by atoms with E-state index in [-0.39, 0.29) is 11.9 Å². The number of rotatable bonds is 3. The van der Waals surface area contributed by atoms with E-state index in [1.165, 1.54) is 7.11 Å². The normalized spacial score (nSPS) is 16.9. The molecule has 1 aliphatic rings. The van der Waals surface area contributed by atoms with Gasteiger partial charge >= 0.3 is 5.97 Å². The van der Waals surface area contributed by atoms with Gasteiger partial charge < -0.3 is 4.74 Å². The van der Waals surface area contributed by atoms with E-state index in [0.29, 0.717) is 5.92 Å². The number of halogens is 1. The molecule has 0 radical (unpaired) electrons. The van der Waals surface area contributed by atoms with Crippen LogP contribution < -0.4 is 0 Å². The molecule has 2 nitrogen and oxygen atoms in total. The summed E-state index contributed by atoms with van der Waals surface area (Å²) < 4.78 is 5.95. The van der Waals surface area contributed by atoms with Gasteiger partial charge in [0.1, 0.15) is 0 Å². The fraction of sp³-hybridized carbons (Fsp3) is 0.462. The zero-order valence-electron chi connectivity index (χ0n) is 9.50. The van der Waals surface area contributed by atoms with Crippen LogP contribution in [0.15, 0.2) is 22.7 Å². The van der Waals surface area contributed by atoms with Crippen LogP contribution in [0.5, 0.6) is 0 Å². The van der Waals surface area contributed by atoms with E-state index in [1.807, 2.05) is 25.1 Å². The number of hydrogen-bond donors (Lipinski definition) is 0. The highest BCUT2D eigenvalue weighted by Crippen LogP contribution is 2.44. The van der Waals surface area contributed by atoms with Gasteiger partial charge in [-0.05, 0) is 48.9 Å². The molecular formula is C13H15BrO2. The van der Waals surface area contributed by atoms with Gasteiger partial charge in [0, 0.05) is 4.47 Å². The number of hydrogen-bond acceptors (Lipinski definition) is 2. The zero-order chi connectivity index (χ0) is 11.7. The van der Waals surface area contributed by atoms with Crippen molar-refractivity contribution in [2.24, 2.45) is 5.92 Å². The van der Waals surface area contributed by atoms with Crippen molar-refractivity contribution in [2.75, 3.05) is 7.11 Å². The minimum absolute atomic E-state index is 0.0712. The molecule has 0 spiro atoms. The van der Waals surface area contributed by atoms with Crippen LogP contribution in [-0.2, 0) is 9.53 Å². The van der Waals surface area contributed by atoms with Crippen molar-refractivity contribution in [2.45, 2.75) is 25.7 Å². The molecule has 0 aliphatic heterocycles. The van der Waals surface area contributed by atoms with Gasteiger partial charge in [0.15, 0.2) is 0 Å². The molecule has 0 saturated heterocycles. The van der Waals surface area contributed by atoms with Gasteiger partial charge in [0.2, 0.25) is 0 Å². The van der Waals surface area contributed by atoms with Crippen molar-refractivity contribution in [3.05, 3.63) is 33.8 Å². The van der Waals surface area contributed by atoms with E-state index in [2.05, 4.69) is 15.9 Å². The van der Waals surface area contributed by atoms with Crippen molar-refractivity contribution in [1.82, 2.24) is 0 Å². The molecule has 1 fully saturated rings. The van der Waals surface area contributed by atoms with Gasteiger partial charge in [-0.25, -0.2) is 0 Å². The second-order valence-electron chi connectivity index (χ2n) is 4.34. The Morgan fingerprint density at radius 1 is 1.50 bits per heavy atom. The molecule has 16 heavy (non-hydrogen) atoms. The molecule has 1 unspecified atom stereocenters. The predicted molar refractivity (Wildman–Crippen MR) is 66.4 cm³/mol. The summed E-state index contributed by atoms with van der Waals surface area (Å²) in [7, 11) is 1.46. The summed E-state index contributed by atoms with van der Waals surface area (Å²) >= 11 is 3.44. The van der Waals surface area contributed by atoms with Crippen LogP contribution in [0.3, 0.4) is 0 Å². The molecule has 1 atom stereocenters. The summed E-state index contributed by atoms with van der Waals surface area (Å²) in [6, 6.07) is 6.06. The third-order valence-corrected chi connectivity index (χ3v) is 3.61. The molecule has 1 aliphatic carbocycles. The first-order chi connectivity index (χ1) is 7.63. The highest BCUT2D eigenvalue weighted by molar-refractivity contribution is 9.10. The van der Waals surface area contributed by atoms with E-state index in [0.717, 1.165) is 28.4 Å². The molecule has 1 saturated carbocycles. The molecule has 3 heteroatoms. The summed E-state index contributed by atoms with van der Waals surface area (Å²) in [5.41, 5.74) is 2.26. The van der Waals surface area contributed by atoms with E-state index in [1.54, 1.807) is 0 Å². The Hall–Kier alpha value is -0.830. The van der Waals surface area contributed by atoms with Crippen molar-refractivity contribution >= 4 is 21.9 Å². The summed E-state index contributed by atoms with van der Waals surface area (Å²) in [5, 5.41) is 0. The zero-order valence-corrected chi connectivity index (χ0v) is 11.1. The largest absolute Gasteiger partial charge is 0.469 e. The Labute approximate surface area is 104 Å². The molecule has 2 rings (SSSR count). The molecule has 86 valence electrons. The van der Waals surface area contributed by atoms with Crippen LogP contribution in [0.1, 0.15) is 29.9 Å². The van der Waals surface area contributed by atoms with Crippen LogP contribution >= 0.6 is 15.9 Å². The number of benzene rings is 1. The Kier molecular flexibility index (Phi) is 3.33. The van der Waals surface area contributed by atoms with Crippen molar-refractivity contribution in [1.29, 1.82) is 0 Å². The molecule has 0 N–H and O–H groups in total. The lowest BCUT2D eigenvalue weighted by atomic mass is 9.91. The minimum atomic E-state index is -0.104. The summed E-state index contributed by atoms with van der Waals surface area (Å²) in [6.45, 7) is 2.04. The second kappa shape index (κ2) is 4.58.